The normalized spacial score (nSPS) is 12.6. The van der Waals surface area contributed by atoms with Crippen molar-refractivity contribution in [3.05, 3.63) is 28.8 Å². The first kappa shape index (κ1) is 17.5. The smallest absolute Gasteiger partial charge is 0.340 e. The Kier molecular flexibility index (Phi) is 5.74. The summed E-state index contributed by atoms with van der Waals surface area (Å²) in [6.45, 7) is 3.56. The van der Waals surface area contributed by atoms with E-state index in [1.807, 2.05) is 0 Å². The summed E-state index contributed by atoms with van der Waals surface area (Å²) in [6.07, 6.45) is 0.0123. The third kappa shape index (κ3) is 4.71. The molecule has 0 saturated carbocycles. The second-order valence-corrected chi connectivity index (χ2v) is 6.78. The molecule has 0 aromatic heterocycles. The van der Waals surface area contributed by atoms with E-state index in [-0.39, 0.29) is 15.5 Å². The number of ether oxygens (including phenoxy) is 1. The highest BCUT2D eigenvalue weighted by Gasteiger charge is 2.21. The number of halogens is 1. The van der Waals surface area contributed by atoms with Crippen molar-refractivity contribution < 1.29 is 22.7 Å². The van der Waals surface area contributed by atoms with Crippen LogP contribution in [0.4, 0.5) is 0 Å². The molecule has 1 N–H and O–H groups in total. The second-order valence-electron chi connectivity index (χ2n) is 4.36. The molecule has 1 amide bonds. The Morgan fingerprint density at radius 3 is 2.52 bits per heavy atom. The van der Waals surface area contributed by atoms with E-state index in [1.54, 1.807) is 6.92 Å². The van der Waals surface area contributed by atoms with Gasteiger partial charge < -0.3 is 10.1 Å². The van der Waals surface area contributed by atoms with Crippen molar-refractivity contribution in [2.75, 3.05) is 12.8 Å². The summed E-state index contributed by atoms with van der Waals surface area (Å²) in [5.74, 6) is -1.30. The van der Waals surface area contributed by atoms with E-state index < -0.39 is 27.8 Å². The van der Waals surface area contributed by atoms with E-state index in [0.717, 1.165) is 12.3 Å². The standard InChI is InChI=1S/C13H16ClNO5S/c1-4-15-12(16)8(2)20-13(17)10-7-9(21(3,18)19)5-6-11(10)14/h5-8H,4H2,1-3H3,(H,15,16)/t8-/m0/s1. The Balaban J connectivity index is 3.00. The molecular formula is C13H16ClNO5S. The predicted octanol–water partition coefficient (Wildman–Crippen LogP) is 1.42. The van der Waals surface area contributed by atoms with Crippen LogP contribution in [-0.2, 0) is 19.4 Å². The minimum absolute atomic E-state index is 0.0514. The van der Waals surface area contributed by atoms with E-state index >= 15 is 0 Å². The number of hydrogen-bond acceptors (Lipinski definition) is 5. The summed E-state index contributed by atoms with van der Waals surface area (Å²) in [5.41, 5.74) is -0.101. The van der Waals surface area contributed by atoms with E-state index in [2.05, 4.69) is 5.32 Å². The molecule has 8 heteroatoms. The Hall–Kier alpha value is -1.60. The minimum Gasteiger partial charge on any atom is -0.449 e. The molecule has 0 saturated heterocycles. The van der Waals surface area contributed by atoms with Crippen LogP contribution in [0.3, 0.4) is 0 Å². The summed E-state index contributed by atoms with van der Waals surface area (Å²) >= 11 is 5.87. The van der Waals surface area contributed by atoms with Crippen LogP contribution in [-0.4, -0.2) is 39.2 Å². The lowest BCUT2D eigenvalue weighted by Crippen LogP contribution is -2.35. The van der Waals surface area contributed by atoms with Crippen molar-refractivity contribution in [1.29, 1.82) is 0 Å². The zero-order chi connectivity index (χ0) is 16.2. The minimum atomic E-state index is -3.47. The van der Waals surface area contributed by atoms with E-state index in [9.17, 15) is 18.0 Å². The SMILES string of the molecule is CCNC(=O)[C@H](C)OC(=O)c1cc(S(C)(=O)=O)ccc1Cl. The van der Waals surface area contributed by atoms with Crippen LogP contribution < -0.4 is 5.32 Å². The van der Waals surface area contributed by atoms with Gasteiger partial charge in [-0.2, -0.15) is 0 Å². The molecule has 1 aromatic rings. The van der Waals surface area contributed by atoms with E-state index in [0.29, 0.717) is 6.54 Å². The molecule has 0 aliphatic rings. The fourth-order valence-corrected chi connectivity index (χ4v) is 2.33. The maximum Gasteiger partial charge on any atom is 0.340 e. The maximum atomic E-state index is 12.0. The monoisotopic (exact) mass is 333 g/mol. The first-order valence-corrected chi connectivity index (χ1v) is 8.42. The fourth-order valence-electron chi connectivity index (χ4n) is 1.49. The third-order valence-corrected chi connectivity index (χ3v) is 4.03. The van der Waals surface area contributed by atoms with Crippen molar-refractivity contribution in [1.82, 2.24) is 5.32 Å². The number of benzene rings is 1. The Labute approximate surface area is 128 Å². The van der Waals surface area contributed by atoms with E-state index in [4.69, 9.17) is 16.3 Å². The highest BCUT2D eigenvalue weighted by Crippen LogP contribution is 2.21. The zero-order valence-corrected chi connectivity index (χ0v) is 13.4. The predicted molar refractivity (Wildman–Crippen MR) is 78.1 cm³/mol. The Bertz CT molecular complexity index is 657. The van der Waals surface area contributed by atoms with Gasteiger partial charge in [-0.1, -0.05) is 11.6 Å². The van der Waals surface area contributed by atoms with Gasteiger partial charge in [-0.3, -0.25) is 4.79 Å². The molecule has 1 rings (SSSR count). The number of amides is 1. The number of hydrogen-bond donors (Lipinski definition) is 1. The molecular weight excluding hydrogens is 318 g/mol. The van der Waals surface area contributed by atoms with Gasteiger partial charge in [-0.15, -0.1) is 0 Å². The lowest BCUT2D eigenvalue weighted by Gasteiger charge is -2.13. The summed E-state index contributed by atoms with van der Waals surface area (Å²) in [6, 6.07) is 3.72. The van der Waals surface area contributed by atoms with Gasteiger partial charge in [0.15, 0.2) is 15.9 Å². The van der Waals surface area contributed by atoms with Crippen LogP contribution in [0.5, 0.6) is 0 Å². The molecule has 0 aliphatic heterocycles. The van der Waals surface area contributed by atoms with Crippen LogP contribution in [0, 0.1) is 0 Å². The zero-order valence-electron chi connectivity index (χ0n) is 11.8. The number of nitrogens with one attached hydrogen (secondary N) is 1. The van der Waals surface area contributed by atoms with Gasteiger partial charge in [-0.25, -0.2) is 13.2 Å². The number of carbonyl (C=O) groups excluding carboxylic acids is 2. The first-order valence-electron chi connectivity index (χ1n) is 6.15. The molecule has 116 valence electrons. The molecule has 0 spiro atoms. The Morgan fingerprint density at radius 1 is 1.38 bits per heavy atom. The first-order chi connectivity index (χ1) is 9.66. The topological polar surface area (TPSA) is 89.5 Å². The van der Waals surface area contributed by atoms with Crippen LogP contribution >= 0.6 is 11.6 Å². The number of rotatable bonds is 5. The number of sulfone groups is 1. The molecule has 0 unspecified atom stereocenters. The van der Waals surface area contributed by atoms with Crippen LogP contribution in [0.2, 0.25) is 5.02 Å². The van der Waals surface area contributed by atoms with Gasteiger partial charge in [0.05, 0.1) is 15.5 Å². The van der Waals surface area contributed by atoms with E-state index in [1.165, 1.54) is 19.1 Å². The van der Waals surface area contributed by atoms with Gasteiger partial charge >= 0.3 is 5.97 Å². The molecule has 0 aliphatic carbocycles. The van der Waals surface area contributed by atoms with Gasteiger partial charge in [0.25, 0.3) is 5.91 Å². The van der Waals surface area contributed by atoms with Crippen LogP contribution in [0.15, 0.2) is 23.1 Å². The lowest BCUT2D eigenvalue weighted by atomic mass is 10.2. The molecule has 1 atom stereocenters. The average Bonchev–Trinajstić information content (AvgIpc) is 2.37. The van der Waals surface area contributed by atoms with Gasteiger partial charge in [-0.05, 0) is 32.0 Å². The highest BCUT2D eigenvalue weighted by molar-refractivity contribution is 7.90. The largest absolute Gasteiger partial charge is 0.449 e. The number of esters is 1. The third-order valence-electron chi connectivity index (χ3n) is 2.59. The van der Waals surface area contributed by atoms with Crippen LogP contribution in [0.1, 0.15) is 24.2 Å². The number of carbonyl (C=O) groups is 2. The molecule has 0 fully saturated rings. The van der Waals surface area contributed by atoms with Crippen molar-refractivity contribution in [3.63, 3.8) is 0 Å². The maximum absolute atomic E-state index is 12.0. The van der Waals surface area contributed by atoms with Crippen molar-refractivity contribution in [2.24, 2.45) is 0 Å². The van der Waals surface area contributed by atoms with Crippen LogP contribution in [0.25, 0.3) is 0 Å². The summed E-state index contributed by atoms with van der Waals surface area (Å²) in [7, 11) is -3.47. The fraction of sp³-hybridized carbons (Fsp3) is 0.385. The number of likely N-dealkylation sites (N-methyl/N-ethyl adjacent to an activating group) is 1. The van der Waals surface area contributed by atoms with Gasteiger partial charge in [0.1, 0.15) is 0 Å². The van der Waals surface area contributed by atoms with Crippen molar-refractivity contribution >= 4 is 33.3 Å². The molecule has 1 aromatic carbocycles. The summed E-state index contributed by atoms with van der Waals surface area (Å²) in [5, 5.41) is 2.56. The second kappa shape index (κ2) is 6.91. The van der Waals surface area contributed by atoms with Crippen molar-refractivity contribution in [3.8, 4) is 0 Å². The molecule has 6 nitrogen and oxygen atoms in total. The molecule has 0 heterocycles. The summed E-state index contributed by atoms with van der Waals surface area (Å²) in [4.78, 5) is 23.4. The molecule has 0 bridgehead atoms. The van der Waals surface area contributed by atoms with Gasteiger partial charge in [0, 0.05) is 12.8 Å². The summed E-state index contributed by atoms with van der Waals surface area (Å²) < 4.78 is 27.9. The average molecular weight is 334 g/mol. The van der Waals surface area contributed by atoms with Gasteiger partial charge in [0.2, 0.25) is 0 Å². The quantitative estimate of drug-likeness (QED) is 0.823. The Morgan fingerprint density at radius 2 is 2.00 bits per heavy atom. The molecule has 21 heavy (non-hydrogen) atoms. The molecule has 0 radical (unpaired) electrons. The lowest BCUT2D eigenvalue weighted by molar-refractivity contribution is -0.128. The van der Waals surface area contributed by atoms with Crippen molar-refractivity contribution in [2.45, 2.75) is 24.8 Å². The highest BCUT2D eigenvalue weighted by atomic mass is 35.5.